The standard InChI is InChI=1S/C17H18BrNO3/c1-9(20)14-15-11-8-10(18)5-6-13(11)22-17(19-16(14)21)7-3-2-4-12(15)17/h5-6,8,12,15,20H,2-4,7H2,1H3,(H,19,21)/b14-9-/t12-,15-,17-/m1/s1. The Hall–Kier alpha value is -1.49. The molecule has 1 aliphatic carbocycles. The summed E-state index contributed by atoms with van der Waals surface area (Å²) in [5.41, 5.74) is 0.875. The number of piperidine rings is 1. The first-order valence-electron chi connectivity index (χ1n) is 7.72. The van der Waals surface area contributed by atoms with Crippen LogP contribution in [0.3, 0.4) is 0 Å². The molecule has 4 nitrogen and oxygen atoms in total. The smallest absolute Gasteiger partial charge is 0.254 e. The lowest BCUT2D eigenvalue weighted by atomic mass is 9.64. The van der Waals surface area contributed by atoms with Crippen LogP contribution in [-0.2, 0) is 4.79 Å². The molecule has 2 heterocycles. The molecule has 2 bridgehead atoms. The lowest BCUT2D eigenvalue weighted by Crippen LogP contribution is -2.66. The van der Waals surface area contributed by atoms with Crippen LogP contribution in [0.5, 0.6) is 5.75 Å². The average molecular weight is 364 g/mol. The van der Waals surface area contributed by atoms with E-state index in [-0.39, 0.29) is 23.5 Å². The van der Waals surface area contributed by atoms with Crippen molar-refractivity contribution in [2.24, 2.45) is 5.92 Å². The molecule has 1 saturated heterocycles. The van der Waals surface area contributed by atoms with Gasteiger partial charge < -0.3 is 15.2 Å². The van der Waals surface area contributed by atoms with Crippen molar-refractivity contribution >= 4 is 21.8 Å². The number of benzene rings is 1. The summed E-state index contributed by atoms with van der Waals surface area (Å²) in [6.45, 7) is 1.60. The fraction of sp³-hybridized carbons (Fsp3) is 0.471. The molecule has 22 heavy (non-hydrogen) atoms. The first-order chi connectivity index (χ1) is 10.5. The van der Waals surface area contributed by atoms with E-state index in [1.165, 1.54) is 0 Å². The highest BCUT2D eigenvalue weighted by Crippen LogP contribution is 2.56. The number of aliphatic hydroxyl groups is 1. The Kier molecular flexibility index (Phi) is 3.05. The monoisotopic (exact) mass is 363 g/mol. The van der Waals surface area contributed by atoms with Gasteiger partial charge in [0.05, 0.1) is 11.3 Å². The Balaban J connectivity index is 1.97. The average Bonchev–Trinajstić information content (AvgIpc) is 2.46. The van der Waals surface area contributed by atoms with E-state index in [0.717, 1.165) is 41.5 Å². The third-order valence-corrected chi connectivity index (χ3v) is 5.68. The molecule has 0 unspecified atom stereocenters. The number of carbonyl (C=O) groups is 1. The van der Waals surface area contributed by atoms with Crippen molar-refractivity contribution in [3.8, 4) is 5.75 Å². The van der Waals surface area contributed by atoms with Crippen molar-refractivity contribution in [3.63, 3.8) is 0 Å². The van der Waals surface area contributed by atoms with E-state index in [0.29, 0.717) is 5.57 Å². The largest absolute Gasteiger partial charge is 0.512 e. The normalized spacial score (nSPS) is 34.9. The zero-order chi connectivity index (χ0) is 15.5. The maximum Gasteiger partial charge on any atom is 0.254 e. The zero-order valence-electron chi connectivity index (χ0n) is 12.4. The minimum absolute atomic E-state index is 0.0969. The molecule has 3 atom stereocenters. The van der Waals surface area contributed by atoms with Gasteiger partial charge in [-0.2, -0.15) is 0 Å². The van der Waals surface area contributed by atoms with Crippen LogP contribution in [0, 0.1) is 5.92 Å². The summed E-state index contributed by atoms with van der Waals surface area (Å²) in [5, 5.41) is 13.2. The van der Waals surface area contributed by atoms with E-state index in [2.05, 4.69) is 21.2 Å². The molecule has 1 aromatic carbocycles. The van der Waals surface area contributed by atoms with Gasteiger partial charge in [0.15, 0.2) is 5.72 Å². The quantitative estimate of drug-likeness (QED) is 0.544. The van der Waals surface area contributed by atoms with E-state index in [1.807, 2.05) is 18.2 Å². The van der Waals surface area contributed by atoms with E-state index in [4.69, 9.17) is 4.74 Å². The Labute approximate surface area is 137 Å². The number of halogens is 1. The lowest BCUT2D eigenvalue weighted by molar-refractivity contribution is -0.140. The van der Waals surface area contributed by atoms with Gasteiger partial charge >= 0.3 is 0 Å². The van der Waals surface area contributed by atoms with Gasteiger partial charge in [-0.25, -0.2) is 0 Å². The summed E-state index contributed by atoms with van der Waals surface area (Å²) < 4.78 is 7.25. The molecule has 2 aliphatic heterocycles. The van der Waals surface area contributed by atoms with Crippen molar-refractivity contribution in [1.82, 2.24) is 5.32 Å². The van der Waals surface area contributed by atoms with Gasteiger partial charge in [0.25, 0.3) is 5.91 Å². The molecule has 1 aromatic rings. The van der Waals surface area contributed by atoms with Gasteiger partial charge in [-0.1, -0.05) is 22.4 Å². The van der Waals surface area contributed by atoms with Gasteiger partial charge in [0, 0.05) is 28.3 Å². The number of carbonyl (C=O) groups excluding carboxylic acids is 1. The zero-order valence-corrected chi connectivity index (χ0v) is 13.9. The first kappa shape index (κ1) is 14.1. The van der Waals surface area contributed by atoms with Crippen molar-refractivity contribution in [2.45, 2.75) is 44.2 Å². The molecule has 1 amide bonds. The van der Waals surface area contributed by atoms with Crippen LogP contribution in [0.4, 0.5) is 0 Å². The molecule has 0 radical (unpaired) electrons. The summed E-state index contributed by atoms with van der Waals surface area (Å²) >= 11 is 3.50. The van der Waals surface area contributed by atoms with E-state index in [9.17, 15) is 9.90 Å². The number of hydrogen-bond acceptors (Lipinski definition) is 3. The van der Waals surface area contributed by atoms with Gasteiger partial charge in [-0.15, -0.1) is 0 Å². The third kappa shape index (κ3) is 1.84. The van der Waals surface area contributed by atoms with Crippen LogP contribution in [0.1, 0.15) is 44.1 Å². The number of fused-ring (bicyclic) bond motifs is 2. The van der Waals surface area contributed by atoms with Crippen molar-refractivity contribution in [3.05, 3.63) is 39.6 Å². The number of nitrogens with one attached hydrogen (secondary N) is 1. The molecule has 5 heteroatoms. The molecule has 0 aromatic heterocycles. The van der Waals surface area contributed by atoms with Crippen LogP contribution in [0.25, 0.3) is 0 Å². The fourth-order valence-corrected chi connectivity index (χ4v) is 4.71. The highest BCUT2D eigenvalue weighted by molar-refractivity contribution is 9.10. The highest BCUT2D eigenvalue weighted by Gasteiger charge is 2.57. The number of allylic oxidation sites excluding steroid dienone is 1. The molecule has 116 valence electrons. The molecular formula is C17H18BrNO3. The molecule has 1 saturated carbocycles. The van der Waals surface area contributed by atoms with Crippen LogP contribution in [0.15, 0.2) is 34.0 Å². The summed E-state index contributed by atoms with van der Waals surface area (Å²) in [5.74, 6) is 0.798. The number of aliphatic hydroxyl groups excluding tert-OH is 1. The Morgan fingerprint density at radius 3 is 3.05 bits per heavy atom. The van der Waals surface area contributed by atoms with Crippen LogP contribution in [0.2, 0.25) is 0 Å². The van der Waals surface area contributed by atoms with Gasteiger partial charge in [-0.3, -0.25) is 4.79 Å². The maximum atomic E-state index is 12.6. The molecule has 2 N–H and O–H groups in total. The molecule has 3 aliphatic rings. The number of amides is 1. The lowest BCUT2D eigenvalue weighted by Gasteiger charge is -2.54. The summed E-state index contributed by atoms with van der Waals surface area (Å²) in [6, 6.07) is 5.91. The topological polar surface area (TPSA) is 58.6 Å². The van der Waals surface area contributed by atoms with Gasteiger partial charge in [0.1, 0.15) is 5.75 Å². The van der Waals surface area contributed by atoms with E-state index < -0.39 is 5.72 Å². The summed E-state index contributed by atoms with van der Waals surface area (Å²) in [7, 11) is 0. The Morgan fingerprint density at radius 2 is 2.27 bits per heavy atom. The maximum absolute atomic E-state index is 12.6. The number of ether oxygens (including phenoxy) is 1. The van der Waals surface area contributed by atoms with Crippen LogP contribution >= 0.6 is 15.9 Å². The summed E-state index contributed by atoms with van der Waals surface area (Å²) in [6.07, 6.45) is 4.00. The minimum Gasteiger partial charge on any atom is -0.512 e. The third-order valence-electron chi connectivity index (χ3n) is 5.18. The van der Waals surface area contributed by atoms with Gasteiger partial charge in [-0.05, 0) is 38.0 Å². The first-order valence-corrected chi connectivity index (χ1v) is 8.52. The molecular weight excluding hydrogens is 346 g/mol. The minimum atomic E-state index is -0.611. The second kappa shape index (κ2) is 4.75. The van der Waals surface area contributed by atoms with E-state index in [1.54, 1.807) is 6.92 Å². The highest BCUT2D eigenvalue weighted by atomic mass is 79.9. The van der Waals surface area contributed by atoms with Crippen LogP contribution in [-0.4, -0.2) is 16.7 Å². The molecule has 4 rings (SSSR count). The van der Waals surface area contributed by atoms with E-state index >= 15 is 0 Å². The number of hydrogen-bond donors (Lipinski definition) is 2. The SMILES string of the molecule is C/C(O)=C1/C(=O)N[C@@]23CCCC[C@@H]2[C@H]1c1cc(Br)ccc1O3. The van der Waals surface area contributed by atoms with Crippen molar-refractivity contribution in [1.29, 1.82) is 0 Å². The predicted molar refractivity (Wildman–Crippen MR) is 85.7 cm³/mol. The Bertz CT molecular complexity index is 695. The predicted octanol–water partition coefficient (Wildman–Crippen LogP) is 3.77. The second-order valence-corrected chi connectivity index (χ2v) is 7.37. The number of rotatable bonds is 0. The van der Waals surface area contributed by atoms with Crippen molar-refractivity contribution in [2.75, 3.05) is 0 Å². The second-order valence-electron chi connectivity index (χ2n) is 6.46. The molecule has 2 fully saturated rings. The fourth-order valence-electron chi connectivity index (χ4n) is 4.33. The van der Waals surface area contributed by atoms with Crippen LogP contribution < -0.4 is 10.1 Å². The summed E-state index contributed by atoms with van der Waals surface area (Å²) in [4.78, 5) is 12.6. The van der Waals surface area contributed by atoms with Crippen molar-refractivity contribution < 1.29 is 14.6 Å². The Morgan fingerprint density at radius 1 is 1.45 bits per heavy atom. The molecule has 0 spiro atoms. The van der Waals surface area contributed by atoms with Gasteiger partial charge in [0.2, 0.25) is 0 Å².